The zero-order valence-electron chi connectivity index (χ0n) is 23.1. The van der Waals surface area contributed by atoms with E-state index in [1.165, 1.54) is 49.7 Å². The number of aromatic nitrogens is 1. The fourth-order valence-electron chi connectivity index (χ4n) is 7.27. The first-order valence-corrected chi connectivity index (χ1v) is 14.8. The van der Waals surface area contributed by atoms with Crippen LogP contribution in [0.15, 0.2) is 146 Å². The van der Waals surface area contributed by atoms with Gasteiger partial charge in [-0.25, -0.2) is 0 Å². The highest BCUT2D eigenvalue weighted by molar-refractivity contribution is 6.11. The molecule has 0 saturated heterocycles. The molecule has 200 valence electrons. The van der Waals surface area contributed by atoms with E-state index >= 15 is 0 Å². The Hall–Kier alpha value is -5.28. The van der Waals surface area contributed by atoms with Gasteiger partial charge in [-0.15, -0.1) is 0 Å². The quantitative estimate of drug-likeness (QED) is 0.240. The highest BCUT2D eigenvalue weighted by Crippen LogP contribution is 2.51. The Labute approximate surface area is 245 Å². The van der Waals surface area contributed by atoms with Crippen LogP contribution in [-0.2, 0) is 6.42 Å². The predicted octanol–water partition coefficient (Wildman–Crippen LogP) is 10.2. The van der Waals surface area contributed by atoms with E-state index in [1.807, 2.05) is 0 Å². The molecule has 0 radical (unpaired) electrons. The van der Waals surface area contributed by atoms with Gasteiger partial charge < -0.3 is 14.8 Å². The second-order valence-corrected chi connectivity index (χ2v) is 11.5. The maximum Gasteiger partial charge on any atom is 0.111 e. The minimum absolute atomic E-state index is 0.240. The summed E-state index contributed by atoms with van der Waals surface area (Å²) in [5.74, 6) is 0.451. The molecular weight excluding hydrogens is 510 g/mol. The molecule has 0 saturated carbocycles. The molecule has 42 heavy (non-hydrogen) atoms. The highest BCUT2D eigenvalue weighted by atomic mass is 15.2. The third-order valence-electron chi connectivity index (χ3n) is 9.16. The van der Waals surface area contributed by atoms with Crippen LogP contribution in [0.3, 0.4) is 0 Å². The molecule has 2 unspecified atom stereocenters. The van der Waals surface area contributed by atoms with E-state index in [0.29, 0.717) is 5.92 Å². The molecule has 0 amide bonds. The second kappa shape index (κ2) is 9.12. The summed E-state index contributed by atoms with van der Waals surface area (Å²) in [5.41, 5.74) is 12.7. The van der Waals surface area contributed by atoms with E-state index in [4.69, 9.17) is 0 Å². The lowest BCUT2D eigenvalue weighted by atomic mass is 9.86. The number of hydrogen-bond donors (Lipinski definition) is 1. The molecule has 3 nitrogen and oxygen atoms in total. The minimum atomic E-state index is 0.240. The first-order chi connectivity index (χ1) is 20.8. The Morgan fingerprint density at radius 2 is 1.24 bits per heavy atom. The summed E-state index contributed by atoms with van der Waals surface area (Å²) in [6.45, 7) is 0. The molecule has 1 aromatic heterocycles. The minimum Gasteiger partial charge on any atom is -0.364 e. The van der Waals surface area contributed by atoms with Crippen molar-refractivity contribution in [3.8, 4) is 11.1 Å². The molecule has 2 atom stereocenters. The smallest absolute Gasteiger partial charge is 0.111 e. The van der Waals surface area contributed by atoms with Gasteiger partial charge in [0, 0.05) is 39.4 Å². The molecule has 9 rings (SSSR count). The van der Waals surface area contributed by atoms with Crippen LogP contribution >= 0.6 is 0 Å². The fourth-order valence-corrected chi connectivity index (χ4v) is 7.27. The number of nitrogens with zero attached hydrogens (tertiary/aromatic N) is 2. The summed E-state index contributed by atoms with van der Waals surface area (Å²) >= 11 is 0. The number of hydrogen-bond acceptors (Lipinski definition) is 2. The van der Waals surface area contributed by atoms with Crippen molar-refractivity contribution in [2.24, 2.45) is 0 Å². The summed E-state index contributed by atoms with van der Waals surface area (Å²) in [4.78, 5) is 2.31. The van der Waals surface area contributed by atoms with Crippen LogP contribution in [0.5, 0.6) is 0 Å². The van der Waals surface area contributed by atoms with Gasteiger partial charge in [-0.05, 0) is 83.3 Å². The number of para-hydroxylation sites is 4. The van der Waals surface area contributed by atoms with Gasteiger partial charge in [-0.2, -0.15) is 0 Å². The van der Waals surface area contributed by atoms with Crippen LogP contribution in [0.4, 0.5) is 22.7 Å². The van der Waals surface area contributed by atoms with Gasteiger partial charge in [0.1, 0.15) is 6.17 Å². The second-order valence-electron chi connectivity index (χ2n) is 11.5. The zero-order chi connectivity index (χ0) is 27.6. The molecule has 0 fully saturated rings. The molecule has 3 heterocycles. The molecule has 0 spiro atoms. The van der Waals surface area contributed by atoms with E-state index < -0.39 is 0 Å². The van der Waals surface area contributed by atoms with E-state index in [-0.39, 0.29) is 6.17 Å². The van der Waals surface area contributed by atoms with Crippen molar-refractivity contribution in [3.05, 3.63) is 157 Å². The fraction of sp³-hybridized carbons (Fsp3) is 0.0769. The third kappa shape index (κ3) is 3.47. The normalized spacial score (nSPS) is 16.7. The average Bonchev–Trinajstić information content (AvgIpc) is 3.56. The zero-order valence-corrected chi connectivity index (χ0v) is 23.1. The summed E-state index contributed by atoms with van der Waals surface area (Å²) < 4.78 is 2.56. The largest absolute Gasteiger partial charge is 0.364 e. The van der Waals surface area contributed by atoms with Crippen LogP contribution in [0.2, 0.25) is 0 Å². The Bertz CT molecular complexity index is 2050. The van der Waals surface area contributed by atoms with Gasteiger partial charge in [0.25, 0.3) is 0 Å². The van der Waals surface area contributed by atoms with E-state index in [2.05, 4.69) is 160 Å². The Morgan fingerprint density at radius 1 is 0.571 bits per heavy atom. The molecule has 0 aliphatic carbocycles. The maximum absolute atomic E-state index is 3.89. The van der Waals surface area contributed by atoms with Crippen molar-refractivity contribution in [2.75, 3.05) is 10.2 Å². The summed E-state index contributed by atoms with van der Waals surface area (Å²) in [5, 5.41) is 6.56. The van der Waals surface area contributed by atoms with Gasteiger partial charge in [0.15, 0.2) is 0 Å². The molecule has 6 aromatic carbocycles. The molecule has 2 aliphatic heterocycles. The van der Waals surface area contributed by atoms with Crippen LogP contribution in [0, 0.1) is 0 Å². The highest BCUT2D eigenvalue weighted by Gasteiger charge is 2.39. The van der Waals surface area contributed by atoms with E-state index in [9.17, 15) is 0 Å². The number of rotatable bonds is 4. The van der Waals surface area contributed by atoms with Crippen molar-refractivity contribution in [3.63, 3.8) is 0 Å². The van der Waals surface area contributed by atoms with Crippen molar-refractivity contribution in [2.45, 2.75) is 18.5 Å². The standard InChI is InChI=1S/C39H29N3/c1-3-11-29(12-4-1)41(30-13-5-2-6-14-30)31-21-18-26(19-22-31)27-20-23-37-34(24-27)32-15-9-16-33-35-25-28-10-7-8-17-36(28)40-39(35)42(37)38(32)33/h1-24,35,39-40H,25H2. The first-order valence-electron chi connectivity index (χ1n) is 14.8. The SMILES string of the molecule is c1ccc(N(c2ccccc2)c2ccc(-c3ccc4c(c3)c3cccc5c3n4C3Nc4ccccc4CC53)cc2)cc1. The van der Waals surface area contributed by atoms with Crippen molar-refractivity contribution < 1.29 is 0 Å². The summed E-state index contributed by atoms with van der Waals surface area (Å²) in [7, 11) is 0. The van der Waals surface area contributed by atoms with Crippen molar-refractivity contribution >= 4 is 44.6 Å². The van der Waals surface area contributed by atoms with Crippen molar-refractivity contribution in [1.29, 1.82) is 0 Å². The average molecular weight is 540 g/mol. The third-order valence-corrected chi connectivity index (χ3v) is 9.16. The van der Waals surface area contributed by atoms with E-state index in [0.717, 1.165) is 23.5 Å². The van der Waals surface area contributed by atoms with Crippen LogP contribution in [0.1, 0.15) is 23.2 Å². The van der Waals surface area contributed by atoms with Gasteiger partial charge in [-0.3, -0.25) is 0 Å². The van der Waals surface area contributed by atoms with Gasteiger partial charge in [0.2, 0.25) is 0 Å². The van der Waals surface area contributed by atoms with Crippen molar-refractivity contribution in [1.82, 2.24) is 4.57 Å². The molecule has 3 heteroatoms. The predicted molar refractivity (Wildman–Crippen MR) is 175 cm³/mol. The lowest BCUT2D eigenvalue weighted by Gasteiger charge is -2.32. The first kappa shape index (κ1) is 23.4. The maximum atomic E-state index is 3.89. The number of nitrogens with one attached hydrogen (secondary N) is 1. The lowest BCUT2D eigenvalue weighted by Crippen LogP contribution is -2.26. The lowest BCUT2D eigenvalue weighted by molar-refractivity contribution is 0.490. The molecule has 7 aromatic rings. The van der Waals surface area contributed by atoms with Gasteiger partial charge in [0.05, 0.1) is 11.0 Å². The summed E-state index contributed by atoms with van der Waals surface area (Å²) in [6.07, 6.45) is 1.31. The summed E-state index contributed by atoms with van der Waals surface area (Å²) in [6, 6.07) is 52.8. The van der Waals surface area contributed by atoms with Crippen LogP contribution < -0.4 is 10.2 Å². The Balaban J connectivity index is 1.12. The van der Waals surface area contributed by atoms with Crippen LogP contribution in [-0.4, -0.2) is 4.57 Å². The molecule has 0 bridgehead atoms. The number of anilines is 4. The monoisotopic (exact) mass is 539 g/mol. The number of fused-ring (bicyclic) bond motifs is 7. The van der Waals surface area contributed by atoms with Crippen LogP contribution in [0.25, 0.3) is 32.9 Å². The molecule has 2 aliphatic rings. The molecule has 1 N–H and O–H groups in total. The molecular formula is C39H29N3. The Morgan fingerprint density at radius 3 is 2.00 bits per heavy atom. The Kier molecular flexibility index (Phi) is 5.09. The number of benzene rings is 6. The van der Waals surface area contributed by atoms with E-state index in [1.54, 1.807) is 0 Å². The topological polar surface area (TPSA) is 20.2 Å². The van der Waals surface area contributed by atoms with Gasteiger partial charge >= 0.3 is 0 Å². The van der Waals surface area contributed by atoms with Gasteiger partial charge in [-0.1, -0.05) is 91.0 Å².